The molecule has 126 valence electrons. The van der Waals surface area contributed by atoms with Crippen LogP contribution in [-0.4, -0.2) is 18.5 Å². The lowest BCUT2D eigenvalue weighted by Gasteiger charge is -2.17. The van der Waals surface area contributed by atoms with E-state index in [1.807, 2.05) is 60.7 Å². The molecule has 0 saturated heterocycles. The number of carbonyl (C=O) groups is 2. The zero-order valence-electron chi connectivity index (χ0n) is 13.8. The molecular formula is C21H18O4. The lowest BCUT2D eigenvalue weighted by atomic mass is 10.0. The van der Waals surface area contributed by atoms with Crippen molar-refractivity contribution in [1.82, 2.24) is 0 Å². The van der Waals surface area contributed by atoms with Gasteiger partial charge in [0, 0.05) is 12.0 Å². The van der Waals surface area contributed by atoms with Crippen LogP contribution in [0.5, 0.6) is 0 Å². The van der Waals surface area contributed by atoms with Crippen molar-refractivity contribution in [3.8, 4) is 11.8 Å². The average molecular weight is 334 g/mol. The molecule has 0 aliphatic carbocycles. The Morgan fingerprint density at radius 1 is 1.00 bits per heavy atom. The van der Waals surface area contributed by atoms with Gasteiger partial charge in [0.15, 0.2) is 6.10 Å². The lowest BCUT2D eigenvalue weighted by Crippen LogP contribution is -2.10. The number of hydrogen-bond acceptors (Lipinski definition) is 4. The van der Waals surface area contributed by atoms with Gasteiger partial charge in [-0.15, -0.1) is 0 Å². The fourth-order valence-electron chi connectivity index (χ4n) is 2.12. The summed E-state index contributed by atoms with van der Waals surface area (Å²) in [5.41, 5.74) is 1.74. The van der Waals surface area contributed by atoms with Crippen molar-refractivity contribution < 1.29 is 19.1 Å². The van der Waals surface area contributed by atoms with E-state index in [4.69, 9.17) is 4.74 Å². The molecule has 4 heteroatoms. The number of ether oxygens (including phenoxy) is 2. The molecule has 25 heavy (non-hydrogen) atoms. The maximum Gasteiger partial charge on any atom is 0.384 e. The second-order valence-corrected chi connectivity index (χ2v) is 4.96. The van der Waals surface area contributed by atoms with E-state index in [1.165, 1.54) is 12.2 Å². The zero-order valence-corrected chi connectivity index (χ0v) is 13.8. The van der Waals surface area contributed by atoms with Gasteiger partial charge in [-0.1, -0.05) is 66.6 Å². The van der Waals surface area contributed by atoms with E-state index < -0.39 is 18.0 Å². The van der Waals surface area contributed by atoms with Crippen LogP contribution in [0.1, 0.15) is 24.2 Å². The maximum atomic E-state index is 12.1. The smallest absolute Gasteiger partial charge is 0.384 e. The molecule has 2 aromatic rings. The summed E-state index contributed by atoms with van der Waals surface area (Å²) in [7, 11) is 0. The second kappa shape index (κ2) is 9.74. The van der Waals surface area contributed by atoms with Gasteiger partial charge in [-0.25, -0.2) is 9.59 Å². The maximum absolute atomic E-state index is 12.1. The number of rotatable bonds is 5. The first-order valence-electron chi connectivity index (χ1n) is 7.86. The van der Waals surface area contributed by atoms with E-state index in [0.29, 0.717) is 0 Å². The van der Waals surface area contributed by atoms with Crippen molar-refractivity contribution in [3.05, 3.63) is 83.9 Å². The Morgan fingerprint density at radius 2 is 1.56 bits per heavy atom. The summed E-state index contributed by atoms with van der Waals surface area (Å²) in [6.45, 7) is 1.95. The molecule has 0 saturated carbocycles. The summed E-state index contributed by atoms with van der Waals surface area (Å²) in [5.74, 6) is 3.52. The van der Waals surface area contributed by atoms with Crippen molar-refractivity contribution in [2.45, 2.75) is 13.0 Å². The minimum absolute atomic E-state index is 0.259. The minimum atomic E-state index is -0.632. The SMILES string of the molecule is CCOC(=O)C#C/C=C/C(=O)OC(c1ccccc1)c1ccccc1. The van der Waals surface area contributed by atoms with Crippen LogP contribution in [0.4, 0.5) is 0 Å². The zero-order chi connectivity index (χ0) is 17.9. The highest BCUT2D eigenvalue weighted by Crippen LogP contribution is 2.25. The Morgan fingerprint density at radius 3 is 2.08 bits per heavy atom. The molecule has 2 aromatic carbocycles. The third kappa shape index (κ3) is 6.00. The molecule has 0 aromatic heterocycles. The predicted octanol–water partition coefficient (Wildman–Crippen LogP) is 3.44. The fourth-order valence-corrected chi connectivity index (χ4v) is 2.12. The molecule has 0 atom stereocenters. The first-order chi connectivity index (χ1) is 12.2. The van der Waals surface area contributed by atoms with Crippen molar-refractivity contribution in [2.75, 3.05) is 6.61 Å². The normalized spacial score (nSPS) is 10.2. The van der Waals surface area contributed by atoms with Crippen molar-refractivity contribution >= 4 is 11.9 Å². The number of benzene rings is 2. The Bertz CT molecular complexity index is 743. The molecule has 0 unspecified atom stereocenters. The predicted molar refractivity (Wildman–Crippen MR) is 94.4 cm³/mol. The molecule has 0 bridgehead atoms. The number of allylic oxidation sites excluding steroid dienone is 1. The van der Waals surface area contributed by atoms with Crippen LogP contribution in [0.2, 0.25) is 0 Å². The van der Waals surface area contributed by atoms with Gasteiger partial charge in [0.05, 0.1) is 6.61 Å². The van der Waals surface area contributed by atoms with Crippen molar-refractivity contribution in [3.63, 3.8) is 0 Å². The average Bonchev–Trinajstić information content (AvgIpc) is 2.65. The molecule has 0 heterocycles. The van der Waals surface area contributed by atoms with Crippen LogP contribution in [0, 0.1) is 11.8 Å². The van der Waals surface area contributed by atoms with E-state index in [2.05, 4.69) is 16.6 Å². The van der Waals surface area contributed by atoms with E-state index in [1.54, 1.807) is 6.92 Å². The molecule has 0 N–H and O–H groups in total. The molecular weight excluding hydrogens is 316 g/mol. The summed E-state index contributed by atoms with van der Waals surface area (Å²) in [6.07, 6.45) is 1.94. The minimum Gasteiger partial charge on any atom is -0.456 e. The van der Waals surface area contributed by atoms with E-state index >= 15 is 0 Å². The van der Waals surface area contributed by atoms with Crippen LogP contribution in [-0.2, 0) is 19.1 Å². The summed E-state index contributed by atoms with van der Waals surface area (Å²) in [6, 6.07) is 18.9. The standard InChI is InChI=1S/C21H18O4/c1-2-24-19(22)15-9-10-16-20(23)25-21(17-11-5-3-6-12-17)18-13-7-4-8-14-18/h3-8,10-14,16,21H,2H2,1H3/b16-10+. The fraction of sp³-hybridized carbons (Fsp3) is 0.143. The van der Waals surface area contributed by atoms with Crippen LogP contribution >= 0.6 is 0 Å². The summed E-state index contributed by atoms with van der Waals surface area (Å²) < 4.78 is 10.2. The van der Waals surface area contributed by atoms with Gasteiger partial charge in [-0.05, 0) is 24.1 Å². The highest BCUT2D eigenvalue weighted by Gasteiger charge is 2.17. The molecule has 0 amide bonds. The summed E-state index contributed by atoms with van der Waals surface area (Å²) in [5, 5.41) is 0. The molecule has 0 fully saturated rings. The van der Waals surface area contributed by atoms with Crippen molar-refractivity contribution in [1.29, 1.82) is 0 Å². The lowest BCUT2D eigenvalue weighted by molar-refractivity contribution is -0.141. The van der Waals surface area contributed by atoms with Crippen molar-refractivity contribution in [2.24, 2.45) is 0 Å². The number of hydrogen-bond donors (Lipinski definition) is 0. The van der Waals surface area contributed by atoms with Gasteiger partial charge >= 0.3 is 11.9 Å². The summed E-state index contributed by atoms with van der Waals surface area (Å²) in [4.78, 5) is 23.2. The quantitative estimate of drug-likeness (QED) is 0.364. The van der Waals surface area contributed by atoms with Crippen LogP contribution in [0.3, 0.4) is 0 Å². The van der Waals surface area contributed by atoms with Gasteiger partial charge in [-0.3, -0.25) is 0 Å². The Hall–Kier alpha value is -3.32. The Balaban J connectivity index is 2.09. The molecule has 0 aliphatic heterocycles. The highest BCUT2D eigenvalue weighted by molar-refractivity contribution is 5.89. The molecule has 4 nitrogen and oxygen atoms in total. The molecule has 2 rings (SSSR count). The monoisotopic (exact) mass is 334 g/mol. The van der Waals surface area contributed by atoms with Crippen LogP contribution < -0.4 is 0 Å². The van der Waals surface area contributed by atoms with E-state index in [9.17, 15) is 9.59 Å². The van der Waals surface area contributed by atoms with Crippen LogP contribution in [0.25, 0.3) is 0 Å². The second-order valence-electron chi connectivity index (χ2n) is 4.96. The molecule has 0 spiro atoms. The van der Waals surface area contributed by atoms with Gasteiger partial charge in [0.25, 0.3) is 0 Å². The molecule has 0 aliphatic rings. The Labute approximate surface area is 147 Å². The van der Waals surface area contributed by atoms with Gasteiger partial charge in [-0.2, -0.15) is 0 Å². The highest BCUT2D eigenvalue weighted by atomic mass is 16.5. The van der Waals surface area contributed by atoms with Gasteiger partial charge < -0.3 is 9.47 Å². The third-order valence-electron chi connectivity index (χ3n) is 3.19. The number of esters is 2. The van der Waals surface area contributed by atoms with Gasteiger partial charge in [0.1, 0.15) is 0 Å². The summed E-state index contributed by atoms with van der Waals surface area (Å²) >= 11 is 0. The van der Waals surface area contributed by atoms with E-state index in [0.717, 1.165) is 11.1 Å². The third-order valence-corrected chi connectivity index (χ3v) is 3.19. The van der Waals surface area contributed by atoms with Crippen LogP contribution in [0.15, 0.2) is 72.8 Å². The topological polar surface area (TPSA) is 52.6 Å². The Kier molecular flexibility index (Phi) is 7.02. The first kappa shape index (κ1) is 18.0. The number of carbonyl (C=O) groups excluding carboxylic acids is 2. The molecule has 0 radical (unpaired) electrons. The van der Waals surface area contributed by atoms with Gasteiger partial charge in [0.2, 0.25) is 0 Å². The first-order valence-corrected chi connectivity index (χ1v) is 7.86. The largest absolute Gasteiger partial charge is 0.456 e. The van der Waals surface area contributed by atoms with E-state index in [-0.39, 0.29) is 6.61 Å².